The predicted octanol–water partition coefficient (Wildman–Crippen LogP) is 3.51. The Morgan fingerprint density at radius 1 is 1.17 bits per heavy atom. The van der Waals surface area contributed by atoms with Crippen LogP contribution in [-0.2, 0) is 6.42 Å². The van der Waals surface area contributed by atoms with E-state index in [1.807, 2.05) is 6.07 Å². The van der Waals surface area contributed by atoms with Crippen LogP contribution in [0.2, 0.25) is 0 Å². The minimum atomic E-state index is 0.565. The lowest BCUT2D eigenvalue weighted by atomic mass is 10.1. The molecule has 2 rings (SSSR count). The first kappa shape index (κ1) is 13.3. The molecule has 0 spiro atoms. The zero-order valence-corrected chi connectivity index (χ0v) is 12.9. The van der Waals surface area contributed by atoms with Crippen molar-refractivity contribution >= 4 is 28.4 Å². The van der Waals surface area contributed by atoms with Gasteiger partial charge in [-0.15, -0.1) is 0 Å². The normalized spacial score (nSPS) is 10.7. The highest BCUT2D eigenvalue weighted by atomic mass is 127. The maximum Gasteiger partial charge on any atom is 0.161 e. The Labute approximate surface area is 121 Å². The number of anilines is 1. The van der Waals surface area contributed by atoms with E-state index < -0.39 is 0 Å². The van der Waals surface area contributed by atoms with Crippen LogP contribution in [0.1, 0.15) is 23.7 Å². The van der Waals surface area contributed by atoms with Crippen LogP contribution in [0.15, 0.2) is 18.2 Å². The van der Waals surface area contributed by atoms with E-state index in [1.54, 1.807) is 0 Å². The lowest BCUT2D eigenvalue weighted by Crippen LogP contribution is -2.04. The smallest absolute Gasteiger partial charge is 0.161 e. The summed E-state index contributed by atoms with van der Waals surface area (Å²) in [4.78, 5) is 8.98. The standard InChI is InChI=1S/C14H16IN3/c1-4-11-12(15)13(16)18-14(17-11)10-6-5-8(2)9(3)7-10/h5-7H,4H2,1-3H3,(H2,16,17,18). The number of benzene rings is 1. The maximum atomic E-state index is 5.94. The predicted molar refractivity (Wildman–Crippen MR) is 83.4 cm³/mol. The quantitative estimate of drug-likeness (QED) is 0.841. The van der Waals surface area contributed by atoms with Crippen molar-refractivity contribution in [3.05, 3.63) is 38.6 Å². The lowest BCUT2D eigenvalue weighted by molar-refractivity contribution is 0.994. The largest absolute Gasteiger partial charge is 0.383 e. The summed E-state index contributed by atoms with van der Waals surface area (Å²) in [5, 5.41) is 0. The molecule has 2 N–H and O–H groups in total. The first-order chi connectivity index (χ1) is 8.52. The Kier molecular flexibility index (Phi) is 3.85. The second-order valence-electron chi connectivity index (χ2n) is 4.35. The van der Waals surface area contributed by atoms with E-state index in [0.29, 0.717) is 11.6 Å². The Morgan fingerprint density at radius 3 is 2.50 bits per heavy atom. The number of halogens is 1. The van der Waals surface area contributed by atoms with Gasteiger partial charge in [-0.05, 0) is 60.1 Å². The van der Waals surface area contributed by atoms with Crippen molar-refractivity contribution in [1.29, 1.82) is 0 Å². The molecular formula is C14H16IN3. The van der Waals surface area contributed by atoms with Gasteiger partial charge in [0.05, 0.1) is 9.26 Å². The van der Waals surface area contributed by atoms with E-state index in [-0.39, 0.29) is 0 Å². The zero-order valence-electron chi connectivity index (χ0n) is 10.8. The van der Waals surface area contributed by atoms with Crippen LogP contribution in [0.3, 0.4) is 0 Å². The van der Waals surface area contributed by atoms with Crippen LogP contribution in [0, 0.1) is 17.4 Å². The average molecular weight is 353 g/mol. The van der Waals surface area contributed by atoms with Gasteiger partial charge >= 0.3 is 0 Å². The summed E-state index contributed by atoms with van der Waals surface area (Å²) in [5.74, 6) is 1.28. The van der Waals surface area contributed by atoms with Crippen LogP contribution < -0.4 is 5.73 Å². The number of nitrogens with two attached hydrogens (primary N) is 1. The molecule has 4 heteroatoms. The molecular weight excluding hydrogens is 337 g/mol. The number of rotatable bonds is 2. The average Bonchev–Trinajstić information content (AvgIpc) is 2.36. The minimum absolute atomic E-state index is 0.565. The van der Waals surface area contributed by atoms with E-state index in [4.69, 9.17) is 5.73 Å². The second kappa shape index (κ2) is 5.22. The lowest BCUT2D eigenvalue weighted by Gasteiger charge is -2.09. The van der Waals surface area contributed by atoms with Crippen LogP contribution >= 0.6 is 22.6 Å². The Balaban J connectivity index is 2.57. The summed E-state index contributed by atoms with van der Waals surface area (Å²) in [7, 11) is 0. The molecule has 0 atom stereocenters. The van der Waals surface area contributed by atoms with Crippen LogP contribution in [0.5, 0.6) is 0 Å². The maximum absolute atomic E-state index is 5.94. The Bertz CT molecular complexity index is 594. The molecule has 0 aliphatic rings. The van der Waals surface area contributed by atoms with Gasteiger partial charge in [-0.3, -0.25) is 0 Å². The molecule has 2 aromatic rings. The van der Waals surface area contributed by atoms with Gasteiger partial charge in [0, 0.05) is 5.56 Å². The summed E-state index contributed by atoms with van der Waals surface area (Å²) in [6.45, 7) is 6.27. The van der Waals surface area contributed by atoms with E-state index in [9.17, 15) is 0 Å². The number of aromatic nitrogens is 2. The van der Waals surface area contributed by atoms with Crippen LogP contribution in [0.25, 0.3) is 11.4 Å². The highest BCUT2D eigenvalue weighted by Crippen LogP contribution is 2.24. The molecule has 3 nitrogen and oxygen atoms in total. The molecule has 0 unspecified atom stereocenters. The monoisotopic (exact) mass is 353 g/mol. The SMILES string of the molecule is CCc1nc(-c2ccc(C)c(C)c2)nc(N)c1I. The van der Waals surface area contributed by atoms with Crippen molar-refractivity contribution in [1.82, 2.24) is 9.97 Å². The molecule has 0 aliphatic heterocycles. The fourth-order valence-corrected chi connectivity index (χ4v) is 2.38. The number of nitrogens with zero attached hydrogens (tertiary/aromatic N) is 2. The molecule has 0 saturated carbocycles. The van der Waals surface area contributed by atoms with Gasteiger partial charge in [0.2, 0.25) is 0 Å². The van der Waals surface area contributed by atoms with E-state index in [2.05, 4.69) is 65.5 Å². The fraction of sp³-hybridized carbons (Fsp3) is 0.286. The highest BCUT2D eigenvalue weighted by Gasteiger charge is 2.10. The summed E-state index contributed by atoms with van der Waals surface area (Å²) in [5.41, 5.74) is 10.5. The summed E-state index contributed by atoms with van der Waals surface area (Å²) >= 11 is 2.20. The highest BCUT2D eigenvalue weighted by molar-refractivity contribution is 14.1. The molecule has 0 aliphatic carbocycles. The number of hydrogen-bond donors (Lipinski definition) is 1. The molecule has 0 fully saturated rings. The Hall–Kier alpha value is -1.17. The third kappa shape index (κ3) is 2.48. The van der Waals surface area contributed by atoms with Crippen molar-refractivity contribution in [3.8, 4) is 11.4 Å². The number of nitrogen functional groups attached to an aromatic ring is 1. The molecule has 1 aromatic heterocycles. The van der Waals surface area contributed by atoms with Crippen molar-refractivity contribution in [2.75, 3.05) is 5.73 Å². The third-order valence-electron chi connectivity index (χ3n) is 3.05. The van der Waals surface area contributed by atoms with Crippen molar-refractivity contribution < 1.29 is 0 Å². The molecule has 0 amide bonds. The van der Waals surface area contributed by atoms with Crippen LogP contribution in [0.4, 0.5) is 5.82 Å². The summed E-state index contributed by atoms with van der Waals surface area (Å²) < 4.78 is 0.961. The van der Waals surface area contributed by atoms with E-state index >= 15 is 0 Å². The van der Waals surface area contributed by atoms with Gasteiger partial charge in [-0.2, -0.15) is 0 Å². The van der Waals surface area contributed by atoms with Crippen LogP contribution in [-0.4, -0.2) is 9.97 Å². The topological polar surface area (TPSA) is 51.8 Å². The third-order valence-corrected chi connectivity index (χ3v) is 4.22. The Morgan fingerprint density at radius 2 is 1.89 bits per heavy atom. The summed E-state index contributed by atoms with van der Waals surface area (Å²) in [6.07, 6.45) is 0.864. The number of aryl methyl sites for hydroxylation is 3. The van der Waals surface area contributed by atoms with Gasteiger partial charge in [-0.25, -0.2) is 9.97 Å². The minimum Gasteiger partial charge on any atom is -0.383 e. The van der Waals surface area contributed by atoms with Gasteiger partial charge < -0.3 is 5.73 Å². The first-order valence-electron chi connectivity index (χ1n) is 5.92. The first-order valence-corrected chi connectivity index (χ1v) is 7.00. The fourth-order valence-electron chi connectivity index (χ4n) is 1.76. The molecule has 0 radical (unpaired) electrons. The molecule has 18 heavy (non-hydrogen) atoms. The van der Waals surface area contributed by atoms with Gasteiger partial charge in [0.1, 0.15) is 5.82 Å². The van der Waals surface area contributed by atoms with Gasteiger partial charge in [0.25, 0.3) is 0 Å². The molecule has 94 valence electrons. The second-order valence-corrected chi connectivity index (χ2v) is 5.42. The van der Waals surface area contributed by atoms with Crippen molar-refractivity contribution in [2.24, 2.45) is 0 Å². The van der Waals surface area contributed by atoms with Gasteiger partial charge in [-0.1, -0.05) is 19.1 Å². The molecule has 0 saturated heterocycles. The zero-order chi connectivity index (χ0) is 13.3. The van der Waals surface area contributed by atoms with Crippen molar-refractivity contribution in [2.45, 2.75) is 27.2 Å². The van der Waals surface area contributed by atoms with E-state index in [0.717, 1.165) is 21.2 Å². The molecule has 1 heterocycles. The molecule has 1 aromatic carbocycles. The number of hydrogen-bond acceptors (Lipinski definition) is 3. The van der Waals surface area contributed by atoms with Crippen molar-refractivity contribution in [3.63, 3.8) is 0 Å². The summed E-state index contributed by atoms with van der Waals surface area (Å²) in [6, 6.07) is 6.24. The van der Waals surface area contributed by atoms with E-state index in [1.165, 1.54) is 11.1 Å². The molecule has 0 bridgehead atoms. The van der Waals surface area contributed by atoms with Gasteiger partial charge in [0.15, 0.2) is 5.82 Å².